The van der Waals surface area contributed by atoms with Gasteiger partial charge in [-0.15, -0.1) is 0 Å². The molecule has 2 heterocycles. The van der Waals surface area contributed by atoms with Crippen molar-refractivity contribution in [3.05, 3.63) is 16.7 Å². The summed E-state index contributed by atoms with van der Waals surface area (Å²) >= 11 is 0. The molecule has 0 radical (unpaired) electrons. The van der Waals surface area contributed by atoms with E-state index in [-0.39, 0.29) is 11.2 Å². The highest BCUT2D eigenvalue weighted by Gasteiger charge is 2.18. The molecule has 2 rings (SSSR count). The smallest absolute Gasteiger partial charge is 0.276 e. The number of piperidine rings is 1. The van der Waals surface area contributed by atoms with Gasteiger partial charge in [0.25, 0.3) is 5.56 Å². The number of hydrogen-bond acceptors (Lipinski definition) is 5. The van der Waals surface area contributed by atoms with Gasteiger partial charge in [0.1, 0.15) is 5.69 Å². The zero-order valence-electron chi connectivity index (χ0n) is 10.8. The quantitative estimate of drug-likeness (QED) is 0.725. The second kappa shape index (κ2) is 5.86. The third kappa shape index (κ3) is 3.01. The summed E-state index contributed by atoms with van der Waals surface area (Å²) in [6, 6.07) is 0. The minimum atomic E-state index is -0.284. The Morgan fingerprint density at radius 2 is 2.28 bits per heavy atom. The number of hydrogen-bond donors (Lipinski definition) is 3. The van der Waals surface area contributed by atoms with Crippen LogP contribution in [-0.4, -0.2) is 41.0 Å². The highest BCUT2D eigenvalue weighted by Crippen LogP contribution is 2.18. The maximum Gasteiger partial charge on any atom is 0.276 e. The normalized spacial score (nSPS) is 17.8. The fraction of sp³-hybridized carbons (Fsp3) is 0.667. The lowest BCUT2D eigenvalue weighted by molar-refractivity contribution is 0.198. The van der Waals surface area contributed by atoms with Crippen molar-refractivity contribution in [2.24, 2.45) is 5.92 Å². The molecule has 0 bridgehead atoms. The van der Waals surface area contributed by atoms with Crippen LogP contribution in [0.3, 0.4) is 0 Å². The number of nitrogen functional groups attached to an aromatic ring is 1. The number of nitrogens with zero attached hydrogens (tertiary/aromatic N) is 2. The van der Waals surface area contributed by atoms with Gasteiger partial charge in [-0.3, -0.25) is 4.79 Å². The third-order valence-electron chi connectivity index (χ3n) is 3.60. The molecule has 0 amide bonds. The first-order valence-electron chi connectivity index (χ1n) is 6.50. The van der Waals surface area contributed by atoms with E-state index < -0.39 is 0 Å². The topological polar surface area (TPSA) is 87.0 Å². The van der Waals surface area contributed by atoms with Gasteiger partial charge in [0, 0.05) is 6.54 Å². The van der Waals surface area contributed by atoms with Gasteiger partial charge in [-0.25, -0.2) is 4.98 Å². The number of aromatic amines is 1. The Morgan fingerprint density at radius 1 is 1.56 bits per heavy atom. The first-order valence-corrected chi connectivity index (χ1v) is 6.50. The van der Waals surface area contributed by atoms with Gasteiger partial charge in [-0.2, -0.15) is 0 Å². The van der Waals surface area contributed by atoms with Crippen LogP contribution in [0.1, 0.15) is 19.8 Å². The van der Waals surface area contributed by atoms with E-state index in [1.54, 1.807) is 0 Å². The molecular weight excluding hydrogens is 230 g/mol. The number of aromatic nitrogens is 2. The highest BCUT2D eigenvalue weighted by atomic mass is 16.1. The Kier molecular flexibility index (Phi) is 4.19. The van der Waals surface area contributed by atoms with E-state index in [4.69, 9.17) is 5.73 Å². The van der Waals surface area contributed by atoms with Gasteiger partial charge in [-0.05, 0) is 38.4 Å². The molecule has 0 spiro atoms. The molecule has 0 saturated carbocycles. The second-order valence-electron chi connectivity index (χ2n) is 4.75. The molecule has 0 aromatic carbocycles. The second-order valence-corrected chi connectivity index (χ2v) is 4.75. The fourth-order valence-corrected chi connectivity index (χ4v) is 2.30. The van der Waals surface area contributed by atoms with Gasteiger partial charge >= 0.3 is 0 Å². The van der Waals surface area contributed by atoms with Crippen molar-refractivity contribution in [2.45, 2.75) is 19.8 Å². The minimum Gasteiger partial charge on any atom is -0.391 e. The summed E-state index contributed by atoms with van der Waals surface area (Å²) in [5.74, 6) is 1.13. The van der Waals surface area contributed by atoms with E-state index in [1.807, 2.05) is 0 Å². The highest BCUT2D eigenvalue weighted by molar-refractivity contribution is 5.58. The predicted molar refractivity (Wildman–Crippen MR) is 72.6 cm³/mol. The molecule has 0 aliphatic carbocycles. The summed E-state index contributed by atoms with van der Waals surface area (Å²) in [5.41, 5.74) is 5.55. The molecule has 1 aliphatic heterocycles. The van der Waals surface area contributed by atoms with Crippen LogP contribution in [0, 0.1) is 5.92 Å². The van der Waals surface area contributed by atoms with Gasteiger partial charge in [0.2, 0.25) is 0 Å². The molecule has 1 saturated heterocycles. The van der Waals surface area contributed by atoms with E-state index in [0.717, 1.165) is 26.2 Å². The fourth-order valence-electron chi connectivity index (χ4n) is 2.30. The molecule has 18 heavy (non-hydrogen) atoms. The predicted octanol–water partition coefficient (Wildman–Crippen LogP) is 0.496. The van der Waals surface area contributed by atoms with Gasteiger partial charge in [0.15, 0.2) is 5.82 Å². The van der Waals surface area contributed by atoms with E-state index in [0.29, 0.717) is 11.7 Å². The van der Waals surface area contributed by atoms with E-state index >= 15 is 0 Å². The molecule has 100 valence electrons. The Labute approximate surface area is 107 Å². The Bertz CT molecular complexity index is 436. The molecule has 0 unspecified atom stereocenters. The van der Waals surface area contributed by atoms with Crippen molar-refractivity contribution in [1.29, 1.82) is 0 Å². The molecule has 1 aromatic heterocycles. The summed E-state index contributed by atoms with van der Waals surface area (Å²) in [6.07, 6.45) is 3.74. The van der Waals surface area contributed by atoms with Crippen molar-refractivity contribution in [1.82, 2.24) is 14.9 Å². The van der Waals surface area contributed by atoms with Gasteiger partial charge in [0.05, 0.1) is 6.33 Å². The lowest BCUT2D eigenvalue weighted by Crippen LogP contribution is -2.35. The number of nitrogens with two attached hydrogens (primary N) is 1. The van der Waals surface area contributed by atoms with Crippen LogP contribution < -0.4 is 16.6 Å². The Morgan fingerprint density at radius 3 is 2.94 bits per heavy atom. The monoisotopic (exact) mass is 251 g/mol. The van der Waals surface area contributed by atoms with Crippen LogP contribution in [0.4, 0.5) is 11.5 Å². The first kappa shape index (κ1) is 12.9. The van der Waals surface area contributed by atoms with Crippen LogP contribution in [0.5, 0.6) is 0 Å². The standard InChI is InChI=1S/C12H21N5O/c1-2-17-5-3-9(4-6-17)7-14-11-10(13)12(18)16-8-15-11/h8-9H,2-7,13H2,1H3,(H2,14,15,16,18). The first-order chi connectivity index (χ1) is 8.70. The maximum atomic E-state index is 11.3. The van der Waals surface area contributed by atoms with Gasteiger partial charge < -0.3 is 20.9 Å². The van der Waals surface area contributed by atoms with Crippen molar-refractivity contribution in [3.63, 3.8) is 0 Å². The molecule has 4 N–H and O–H groups in total. The molecule has 1 fully saturated rings. The SMILES string of the molecule is CCN1CCC(CNc2nc[nH]c(=O)c2N)CC1. The van der Waals surface area contributed by atoms with E-state index in [9.17, 15) is 4.79 Å². The Hall–Kier alpha value is -1.56. The summed E-state index contributed by atoms with van der Waals surface area (Å²) in [5, 5.41) is 3.18. The number of H-pyrrole nitrogens is 1. The average Bonchev–Trinajstić information content (AvgIpc) is 2.41. The van der Waals surface area contributed by atoms with Crippen molar-refractivity contribution < 1.29 is 0 Å². The number of nitrogens with one attached hydrogen (secondary N) is 2. The summed E-state index contributed by atoms with van der Waals surface area (Å²) < 4.78 is 0. The lowest BCUT2D eigenvalue weighted by atomic mass is 9.97. The average molecular weight is 251 g/mol. The van der Waals surface area contributed by atoms with E-state index in [1.165, 1.54) is 19.2 Å². The number of rotatable bonds is 4. The van der Waals surface area contributed by atoms with Crippen LogP contribution in [-0.2, 0) is 0 Å². The van der Waals surface area contributed by atoms with E-state index in [2.05, 4.69) is 27.1 Å². The van der Waals surface area contributed by atoms with Crippen LogP contribution in [0.15, 0.2) is 11.1 Å². The largest absolute Gasteiger partial charge is 0.391 e. The minimum absolute atomic E-state index is 0.170. The van der Waals surface area contributed by atoms with Gasteiger partial charge in [-0.1, -0.05) is 6.92 Å². The van der Waals surface area contributed by atoms with Crippen molar-refractivity contribution >= 4 is 11.5 Å². The Balaban J connectivity index is 1.85. The zero-order valence-corrected chi connectivity index (χ0v) is 10.8. The lowest BCUT2D eigenvalue weighted by Gasteiger charge is -2.31. The molecule has 1 aromatic rings. The van der Waals surface area contributed by atoms with Crippen LogP contribution >= 0.6 is 0 Å². The maximum absolute atomic E-state index is 11.3. The molecule has 1 aliphatic rings. The summed E-state index contributed by atoms with van der Waals surface area (Å²) in [7, 11) is 0. The summed E-state index contributed by atoms with van der Waals surface area (Å²) in [4.78, 5) is 20.3. The van der Waals surface area contributed by atoms with Crippen LogP contribution in [0.2, 0.25) is 0 Å². The summed E-state index contributed by atoms with van der Waals surface area (Å²) in [6.45, 7) is 6.46. The molecule has 0 atom stereocenters. The number of anilines is 2. The van der Waals surface area contributed by atoms with Crippen LogP contribution in [0.25, 0.3) is 0 Å². The zero-order chi connectivity index (χ0) is 13.0. The molecule has 6 nitrogen and oxygen atoms in total. The van der Waals surface area contributed by atoms with Crippen molar-refractivity contribution in [2.75, 3.05) is 37.2 Å². The number of likely N-dealkylation sites (tertiary alicyclic amines) is 1. The third-order valence-corrected chi connectivity index (χ3v) is 3.60. The molecular formula is C12H21N5O. The molecule has 6 heteroatoms. The van der Waals surface area contributed by atoms with Crippen molar-refractivity contribution in [3.8, 4) is 0 Å².